The smallest absolute Gasteiger partial charge is 0.251 e. The molecule has 2 aromatic rings. The van der Waals surface area contributed by atoms with Crippen LogP contribution in [0.15, 0.2) is 53.4 Å². The van der Waals surface area contributed by atoms with Crippen LogP contribution in [0.25, 0.3) is 0 Å². The van der Waals surface area contributed by atoms with E-state index < -0.39 is 10.0 Å². The maximum Gasteiger partial charge on any atom is 0.251 e. The lowest BCUT2D eigenvalue weighted by molar-refractivity contribution is 0.0729. The van der Waals surface area contributed by atoms with Gasteiger partial charge in [0.05, 0.1) is 20.3 Å². The van der Waals surface area contributed by atoms with Crippen molar-refractivity contribution in [3.63, 3.8) is 0 Å². The zero-order valence-electron chi connectivity index (χ0n) is 15.1. The van der Waals surface area contributed by atoms with Gasteiger partial charge < -0.3 is 14.8 Å². The van der Waals surface area contributed by atoms with Gasteiger partial charge in [-0.3, -0.25) is 4.79 Å². The second-order valence-electron chi connectivity index (χ2n) is 6.05. The van der Waals surface area contributed by atoms with Crippen LogP contribution in [0.3, 0.4) is 0 Å². The lowest BCUT2D eigenvalue weighted by Gasteiger charge is -2.26. The van der Waals surface area contributed by atoms with Crippen molar-refractivity contribution in [2.75, 3.05) is 33.4 Å². The first-order valence-corrected chi connectivity index (χ1v) is 10.0. The Balaban J connectivity index is 1.83. The molecule has 0 aromatic heterocycles. The topological polar surface area (TPSA) is 84.9 Å². The Bertz CT molecular complexity index is 894. The largest absolute Gasteiger partial charge is 0.495 e. The fourth-order valence-corrected chi connectivity index (χ4v) is 4.42. The number of nitrogens with one attached hydrogen (secondary N) is 1. The molecule has 3 rings (SSSR count). The Hall–Kier alpha value is -2.42. The third-order valence-corrected chi connectivity index (χ3v) is 6.23. The van der Waals surface area contributed by atoms with Gasteiger partial charge in [0.2, 0.25) is 10.0 Å². The highest BCUT2D eigenvalue weighted by molar-refractivity contribution is 7.89. The van der Waals surface area contributed by atoms with Crippen molar-refractivity contribution in [2.24, 2.45) is 0 Å². The summed E-state index contributed by atoms with van der Waals surface area (Å²) in [7, 11) is -2.37. The molecule has 1 N–H and O–H groups in total. The number of morpholine rings is 1. The number of hydrogen-bond acceptors (Lipinski definition) is 5. The summed E-state index contributed by atoms with van der Waals surface area (Å²) < 4.78 is 37.7. The van der Waals surface area contributed by atoms with Gasteiger partial charge in [-0.2, -0.15) is 4.31 Å². The van der Waals surface area contributed by atoms with Crippen LogP contribution in [0.4, 0.5) is 0 Å². The van der Waals surface area contributed by atoms with Gasteiger partial charge in [-0.25, -0.2) is 8.42 Å². The number of rotatable bonds is 6. The van der Waals surface area contributed by atoms with E-state index in [0.29, 0.717) is 19.8 Å². The third kappa shape index (κ3) is 4.47. The molecule has 7 nitrogen and oxygen atoms in total. The number of carbonyl (C=O) groups is 1. The zero-order valence-corrected chi connectivity index (χ0v) is 15.9. The molecule has 0 unspecified atom stereocenters. The summed E-state index contributed by atoms with van der Waals surface area (Å²) in [4.78, 5) is 12.5. The Morgan fingerprint density at radius 2 is 1.85 bits per heavy atom. The zero-order chi connectivity index (χ0) is 19.3. The summed E-state index contributed by atoms with van der Waals surface area (Å²) >= 11 is 0. The van der Waals surface area contributed by atoms with E-state index in [1.165, 1.54) is 23.5 Å². The number of carbonyl (C=O) groups excluding carboxylic acids is 1. The predicted octanol–water partition coefficient (Wildman–Crippen LogP) is 1.65. The van der Waals surface area contributed by atoms with Gasteiger partial charge in [-0.1, -0.05) is 30.3 Å². The molecule has 0 saturated carbocycles. The van der Waals surface area contributed by atoms with Crippen LogP contribution in [0.2, 0.25) is 0 Å². The number of amides is 1. The number of sulfonamides is 1. The van der Waals surface area contributed by atoms with Crippen molar-refractivity contribution < 1.29 is 22.7 Å². The molecule has 1 aliphatic rings. The quantitative estimate of drug-likeness (QED) is 0.811. The highest BCUT2D eigenvalue weighted by Crippen LogP contribution is 2.28. The first-order chi connectivity index (χ1) is 13.0. The van der Waals surface area contributed by atoms with Crippen molar-refractivity contribution >= 4 is 15.9 Å². The lowest BCUT2D eigenvalue weighted by atomic mass is 10.2. The average molecular weight is 390 g/mol. The van der Waals surface area contributed by atoms with E-state index in [1.54, 1.807) is 6.07 Å². The molecule has 0 spiro atoms. The Labute approximate surface area is 158 Å². The fraction of sp³-hybridized carbons (Fsp3) is 0.316. The van der Waals surface area contributed by atoms with E-state index in [2.05, 4.69) is 5.32 Å². The van der Waals surface area contributed by atoms with Crippen molar-refractivity contribution in [3.05, 3.63) is 59.7 Å². The molecular weight excluding hydrogens is 368 g/mol. The van der Waals surface area contributed by atoms with Crippen LogP contribution >= 0.6 is 0 Å². The second kappa shape index (κ2) is 8.51. The standard InChI is InChI=1S/C19H22N2O5S/c1-25-17-8-7-16(19(22)20-14-15-5-3-2-4-6-15)13-18(17)27(23,24)21-9-11-26-12-10-21/h2-8,13H,9-12,14H2,1H3,(H,20,22). The van der Waals surface area contributed by atoms with Crippen LogP contribution in [-0.4, -0.2) is 52.0 Å². The minimum absolute atomic E-state index is 0.0146. The monoisotopic (exact) mass is 390 g/mol. The summed E-state index contributed by atoms with van der Waals surface area (Å²) in [6.45, 7) is 1.60. The molecule has 1 heterocycles. The summed E-state index contributed by atoms with van der Waals surface area (Å²) in [5, 5.41) is 2.80. The molecule has 0 radical (unpaired) electrons. The molecular formula is C19H22N2O5S. The molecule has 0 atom stereocenters. The molecule has 1 fully saturated rings. The van der Waals surface area contributed by atoms with Gasteiger partial charge in [0.15, 0.2) is 0 Å². The predicted molar refractivity (Wildman–Crippen MR) is 100 cm³/mol. The average Bonchev–Trinajstić information content (AvgIpc) is 2.73. The molecule has 1 aliphatic heterocycles. The Kier molecular flexibility index (Phi) is 6.10. The van der Waals surface area contributed by atoms with Crippen molar-refractivity contribution in [1.29, 1.82) is 0 Å². The Morgan fingerprint density at radius 1 is 1.15 bits per heavy atom. The van der Waals surface area contributed by atoms with E-state index in [4.69, 9.17) is 9.47 Å². The Morgan fingerprint density at radius 3 is 2.52 bits per heavy atom. The van der Waals surface area contributed by atoms with Crippen LogP contribution in [0, 0.1) is 0 Å². The molecule has 1 amide bonds. The lowest BCUT2D eigenvalue weighted by Crippen LogP contribution is -2.40. The highest BCUT2D eigenvalue weighted by atomic mass is 32.2. The van der Waals surface area contributed by atoms with Crippen LogP contribution in [0.5, 0.6) is 5.75 Å². The van der Waals surface area contributed by atoms with Gasteiger partial charge in [-0.05, 0) is 23.8 Å². The summed E-state index contributed by atoms with van der Waals surface area (Å²) in [6.07, 6.45) is 0. The minimum atomic E-state index is -3.78. The summed E-state index contributed by atoms with van der Waals surface area (Å²) in [5.41, 5.74) is 1.22. The molecule has 144 valence electrons. The normalized spacial score (nSPS) is 15.3. The summed E-state index contributed by atoms with van der Waals surface area (Å²) in [6, 6.07) is 13.9. The van der Waals surface area contributed by atoms with Gasteiger partial charge in [-0.15, -0.1) is 0 Å². The molecule has 27 heavy (non-hydrogen) atoms. The van der Waals surface area contributed by atoms with Crippen molar-refractivity contribution in [1.82, 2.24) is 9.62 Å². The minimum Gasteiger partial charge on any atom is -0.495 e. The molecule has 8 heteroatoms. The molecule has 0 bridgehead atoms. The van der Waals surface area contributed by atoms with E-state index in [-0.39, 0.29) is 35.2 Å². The number of methoxy groups -OCH3 is 1. The third-order valence-electron chi connectivity index (χ3n) is 4.31. The number of nitrogens with zero attached hydrogens (tertiary/aromatic N) is 1. The second-order valence-corrected chi connectivity index (χ2v) is 7.96. The van der Waals surface area contributed by atoms with E-state index in [1.807, 2.05) is 30.3 Å². The molecule has 2 aromatic carbocycles. The number of hydrogen-bond donors (Lipinski definition) is 1. The highest BCUT2D eigenvalue weighted by Gasteiger charge is 2.30. The van der Waals surface area contributed by atoms with Gasteiger partial charge in [0.25, 0.3) is 5.91 Å². The van der Waals surface area contributed by atoms with E-state index in [0.717, 1.165) is 5.56 Å². The first-order valence-electron chi connectivity index (χ1n) is 8.60. The van der Waals surface area contributed by atoms with E-state index >= 15 is 0 Å². The number of ether oxygens (including phenoxy) is 2. The van der Waals surface area contributed by atoms with Crippen molar-refractivity contribution in [2.45, 2.75) is 11.4 Å². The number of benzene rings is 2. The van der Waals surface area contributed by atoms with Crippen LogP contribution in [-0.2, 0) is 21.3 Å². The maximum absolute atomic E-state index is 13.0. The van der Waals surface area contributed by atoms with E-state index in [9.17, 15) is 13.2 Å². The molecule has 0 aliphatic carbocycles. The fourth-order valence-electron chi connectivity index (χ4n) is 2.83. The van der Waals surface area contributed by atoms with Crippen LogP contribution < -0.4 is 10.1 Å². The van der Waals surface area contributed by atoms with Crippen LogP contribution in [0.1, 0.15) is 15.9 Å². The van der Waals surface area contributed by atoms with Gasteiger partial charge in [0, 0.05) is 25.2 Å². The van der Waals surface area contributed by atoms with Gasteiger partial charge >= 0.3 is 0 Å². The maximum atomic E-state index is 13.0. The first kappa shape index (κ1) is 19.3. The SMILES string of the molecule is COc1ccc(C(=O)NCc2ccccc2)cc1S(=O)(=O)N1CCOCC1. The van der Waals surface area contributed by atoms with Gasteiger partial charge in [0.1, 0.15) is 10.6 Å². The molecule has 1 saturated heterocycles. The van der Waals surface area contributed by atoms with Crippen molar-refractivity contribution in [3.8, 4) is 5.75 Å². The summed E-state index contributed by atoms with van der Waals surface area (Å²) in [5.74, 6) is -0.138.